The van der Waals surface area contributed by atoms with Gasteiger partial charge in [-0.25, -0.2) is 4.39 Å². The molecule has 1 saturated carbocycles. The molecule has 4 rings (SSSR count). The average molecular weight is 486 g/mol. The number of halogens is 1. The van der Waals surface area contributed by atoms with Crippen molar-refractivity contribution >= 4 is 11.8 Å². The minimum absolute atomic E-state index is 0.00533. The van der Waals surface area contributed by atoms with E-state index in [1.165, 1.54) is 12.1 Å². The molecule has 35 heavy (non-hydrogen) atoms. The summed E-state index contributed by atoms with van der Waals surface area (Å²) in [5.74, 6) is 1.09. The number of furan rings is 1. The second-order valence-corrected chi connectivity index (χ2v) is 9.58. The molecule has 1 aliphatic carbocycles. The highest BCUT2D eigenvalue weighted by Gasteiger charge is 2.30. The van der Waals surface area contributed by atoms with E-state index < -0.39 is 0 Å². The van der Waals surface area contributed by atoms with E-state index in [4.69, 9.17) is 9.15 Å². The summed E-state index contributed by atoms with van der Waals surface area (Å²) < 4.78 is 24.6. The van der Waals surface area contributed by atoms with E-state index in [1.54, 1.807) is 21.9 Å². The van der Waals surface area contributed by atoms with Crippen molar-refractivity contribution in [2.75, 3.05) is 45.9 Å². The summed E-state index contributed by atoms with van der Waals surface area (Å²) in [6.07, 6.45) is 3.92. The van der Waals surface area contributed by atoms with Gasteiger partial charge in [-0.15, -0.1) is 0 Å². The lowest BCUT2D eigenvalue weighted by Gasteiger charge is -2.32. The highest BCUT2D eigenvalue weighted by Crippen LogP contribution is 2.27. The quantitative estimate of drug-likeness (QED) is 0.515. The van der Waals surface area contributed by atoms with Crippen LogP contribution in [0.4, 0.5) is 4.39 Å². The van der Waals surface area contributed by atoms with E-state index in [-0.39, 0.29) is 30.1 Å². The SMILES string of the molecule is Cc1ccc(CN(Cc2ccc(F)cc2)C(=O)CN(CCN2CCOCC2)C(=O)C2CCCC2)o1. The molecule has 7 nitrogen and oxygen atoms in total. The molecule has 0 bridgehead atoms. The highest BCUT2D eigenvalue weighted by atomic mass is 19.1. The van der Waals surface area contributed by atoms with E-state index in [1.807, 2.05) is 19.1 Å². The molecule has 2 aliphatic rings. The zero-order valence-corrected chi connectivity index (χ0v) is 20.6. The Morgan fingerprint density at radius 3 is 2.37 bits per heavy atom. The van der Waals surface area contributed by atoms with Crippen LogP contribution in [-0.2, 0) is 27.4 Å². The average Bonchev–Trinajstić information content (AvgIpc) is 3.55. The molecule has 2 heterocycles. The molecular formula is C27H36FN3O4. The lowest BCUT2D eigenvalue weighted by Crippen LogP contribution is -2.48. The number of carbonyl (C=O) groups is 2. The maximum absolute atomic E-state index is 13.6. The first-order chi connectivity index (χ1) is 17.0. The maximum Gasteiger partial charge on any atom is 0.242 e. The van der Waals surface area contributed by atoms with Gasteiger partial charge in [0.1, 0.15) is 17.3 Å². The highest BCUT2D eigenvalue weighted by molar-refractivity contribution is 5.86. The Labute approximate surface area is 206 Å². The zero-order valence-electron chi connectivity index (χ0n) is 20.6. The standard InChI is InChI=1S/C27H36FN3O4/c1-21-6-11-25(35-21)19-31(18-22-7-9-24(28)10-8-22)26(32)20-30(27(33)23-4-2-3-5-23)13-12-29-14-16-34-17-15-29/h6-11,23H,2-5,12-20H2,1H3. The van der Waals surface area contributed by atoms with Gasteiger partial charge in [0.15, 0.2) is 0 Å². The van der Waals surface area contributed by atoms with Crippen LogP contribution in [0.3, 0.4) is 0 Å². The molecule has 2 fully saturated rings. The molecule has 2 aromatic rings. The van der Waals surface area contributed by atoms with Crippen LogP contribution in [0.15, 0.2) is 40.8 Å². The third-order valence-corrected chi connectivity index (χ3v) is 6.91. The van der Waals surface area contributed by atoms with E-state index in [2.05, 4.69) is 4.90 Å². The van der Waals surface area contributed by atoms with Crippen molar-refractivity contribution in [3.05, 3.63) is 59.3 Å². The molecule has 0 unspecified atom stereocenters. The zero-order chi connectivity index (χ0) is 24.6. The topological polar surface area (TPSA) is 66.2 Å². The van der Waals surface area contributed by atoms with E-state index >= 15 is 0 Å². The monoisotopic (exact) mass is 485 g/mol. The molecule has 0 radical (unpaired) electrons. The number of benzene rings is 1. The third kappa shape index (κ3) is 7.39. The van der Waals surface area contributed by atoms with Gasteiger partial charge >= 0.3 is 0 Å². The number of hydrogen-bond donors (Lipinski definition) is 0. The van der Waals surface area contributed by atoms with Crippen molar-refractivity contribution in [2.45, 2.75) is 45.7 Å². The summed E-state index contributed by atoms with van der Waals surface area (Å²) in [5, 5.41) is 0. The lowest BCUT2D eigenvalue weighted by molar-refractivity contribution is -0.144. The predicted molar refractivity (Wildman–Crippen MR) is 130 cm³/mol. The number of hydrogen-bond acceptors (Lipinski definition) is 5. The van der Waals surface area contributed by atoms with Crippen LogP contribution in [0.1, 0.15) is 42.8 Å². The van der Waals surface area contributed by atoms with Crippen LogP contribution in [0, 0.1) is 18.7 Å². The Bertz CT molecular complexity index is 965. The first kappa shape index (κ1) is 25.4. The van der Waals surface area contributed by atoms with Gasteiger partial charge in [-0.1, -0.05) is 25.0 Å². The van der Waals surface area contributed by atoms with Gasteiger partial charge in [0, 0.05) is 38.6 Å². The van der Waals surface area contributed by atoms with Gasteiger partial charge in [-0.2, -0.15) is 0 Å². The molecule has 190 valence electrons. The number of aryl methyl sites for hydroxylation is 1. The summed E-state index contributed by atoms with van der Waals surface area (Å²) >= 11 is 0. The van der Waals surface area contributed by atoms with E-state index in [0.717, 1.165) is 56.6 Å². The number of morpholine rings is 1. The second-order valence-electron chi connectivity index (χ2n) is 9.58. The van der Waals surface area contributed by atoms with Gasteiger partial charge < -0.3 is 19.0 Å². The smallest absolute Gasteiger partial charge is 0.242 e. The van der Waals surface area contributed by atoms with Crippen molar-refractivity contribution in [3.8, 4) is 0 Å². The minimum atomic E-state index is -0.315. The molecule has 1 aromatic heterocycles. The lowest BCUT2D eigenvalue weighted by atomic mass is 10.1. The summed E-state index contributed by atoms with van der Waals surface area (Å²) in [4.78, 5) is 32.7. The fourth-order valence-electron chi connectivity index (χ4n) is 4.85. The van der Waals surface area contributed by atoms with Crippen LogP contribution < -0.4 is 0 Å². The predicted octanol–water partition coefficient (Wildman–Crippen LogP) is 3.61. The summed E-state index contributed by atoms with van der Waals surface area (Å²) in [6, 6.07) is 9.89. The van der Waals surface area contributed by atoms with Gasteiger partial charge in [0.05, 0.1) is 26.3 Å². The van der Waals surface area contributed by atoms with Crippen LogP contribution in [0.25, 0.3) is 0 Å². The normalized spacial score (nSPS) is 17.0. The minimum Gasteiger partial charge on any atom is -0.464 e. The van der Waals surface area contributed by atoms with E-state index in [0.29, 0.717) is 38.6 Å². The summed E-state index contributed by atoms with van der Waals surface area (Å²) in [7, 11) is 0. The van der Waals surface area contributed by atoms with E-state index in [9.17, 15) is 14.0 Å². The van der Waals surface area contributed by atoms with Crippen LogP contribution in [-0.4, -0.2) is 72.5 Å². The summed E-state index contributed by atoms with van der Waals surface area (Å²) in [6.45, 7) is 6.82. The van der Waals surface area contributed by atoms with Gasteiger partial charge in [0.25, 0.3) is 0 Å². The Morgan fingerprint density at radius 2 is 1.71 bits per heavy atom. The first-order valence-corrected chi connectivity index (χ1v) is 12.6. The molecule has 0 spiro atoms. The molecule has 0 atom stereocenters. The fourth-order valence-corrected chi connectivity index (χ4v) is 4.85. The van der Waals surface area contributed by atoms with Crippen molar-refractivity contribution in [3.63, 3.8) is 0 Å². The molecular weight excluding hydrogens is 449 g/mol. The number of carbonyl (C=O) groups excluding carboxylic acids is 2. The number of rotatable bonds is 10. The number of amides is 2. The van der Waals surface area contributed by atoms with Crippen molar-refractivity contribution in [1.29, 1.82) is 0 Å². The van der Waals surface area contributed by atoms with Crippen LogP contribution >= 0.6 is 0 Å². The molecule has 2 amide bonds. The molecule has 0 N–H and O–H groups in total. The Balaban J connectivity index is 1.47. The molecule has 1 aliphatic heterocycles. The number of nitrogens with zero attached hydrogens (tertiary/aromatic N) is 3. The third-order valence-electron chi connectivity index (χ3n) is 6.91. The first-order valence-electron chi connectivity index (χ1n) is 12.6. The van der Waals surface area contributed by atoms with Gasteiger partial charge in [-0.05, 0) is 49.6 Å². The fraction of sp³-hybridized carbons (Fsp3) is 0.556. The molecule has 1 saturated heterocycles. The van der Waals surface area contributed by atoms with Crippen molar-refractivity contribution in [2.24, 2.45) is 5.92 Å². The molecule has 8 heteroatoms. The van der Waals surface area contributed by atoms with Crippen LogP contribution in [0.5, 0.6) is 0 Å². The Kier molecular flexibility index (Phi) is 8.93. The van der Waals surface area contributed by atoms with Crippen LogP contribution in [0.2, 0.25) is 0 Å². The summed E-state index contributed by atoms with van der Waals surface area (Å²) in [5.41, 5.74) is 0.824. The largest absolute Gasteiger partial charge is 0.464 e. The van der Waals surface area contributed by atoms with Crippen molar-refractivity contribution in [1.82, 2.24) is 14.7 Å². The second kappa shape index (κ2) is 12.3. The maximum atomic E-state index is 13.6. The molecule has 1 aromatic carbocycles. The van der Waals surface area contributed by atoms with Gasteiger partial charge in [0.2, 0.25) is 11.8 Å². The Hall–Kier alpha value is -2.71. The van der Waals surface area contributed by atoms with Crippen molar-refractivity contribution < 1.29 is 23.1 Å². The number of ether oxygens (including phenoxy) is 1. The van der Waals surface area contributed by atoms with Gasteiger partial charge in [-0.3, -0.25) is 14.5 Å². The Morgan fingerprint density at radius 1 is 1.00 bits per heavy atom.